The molecular formula is C38H22N4. The second-order valence-electron chi connectivity index (χ2n) is 11.1. The molecule has 0 radical (unpaired) electrons. The molecule has 1 aliphatic carbocycles. The second kappa shape index (κ2) is 7.93. The van der Waals surface area contributed by atoms with Crippen LogP contribution in [0.1, 0.15) is 0 Å². The van der Waals surface area contributed by atoms with Crippen LogP contribution in [0, 0.1) is 0 Å². The van der Waals surface area contributed by atoms with Crippen LogP contribution in [0.5, 0.6) is 0 Å². The van der Waals surface area contributed by atoms with Crippen molar-refractivity contribution in [1.29, 1.82) is 0 Å². The number of para-hydroxylation sites is 3. The predicted molar refractivity (Wildman–Crippen MR) is 173 cm³/mol. The molecule has 0 spiro atoms. The van der Waals surface area contributed by atoms with Gasteiger partial charge in [0.1, 0.15) is 0 Å². The van der Waals surface area contributed by atoms with Gasteiger partial charge < -0.3 is 9.13 Å². The van der Waals surface area contributed by atoms with E-state index in [1.165, 1.54) is 54.4 Å². The molecule has 10 rings (SSSR count). The Morgan fingerprint density at radius 1 is 0.429 bits per heavy atom. The Kier molecular flexibility index (Phi) is 4.15. The van der Waals surface area contributed by atoms with E-state index in [0.717, 1.165) is 33.8 Å². The summed E-state index contributed by atoms with van der Waals surface area (Å²) in [6.07, 6.45) is 3.88. The van der Waals surface area contributed by atoms with Crippen LogP contribution in [0.25, 0.3) is 88.3 Å². The van der Waals surface area contributed by atoms with Crippen molar-refractivity contribution in [2.24, 2.45) is 0 Å². The summed E-state index contributed by atoms with van der Waals surface area (Å²) in [6, 6.07) is 43.7. The monoisotopic (exact) mass is 534 g/mol. The lowest BCUT2D eigenvalue weighted by atomic mass is 10.1. The maximum atomic E-state index is 5.01. The van der Waals surface area contributed by atoms with E-state index >= 15 is 0 Å². The fraction of sp³-hybridized carbons (Fsp3) is 0. The van der Waals surface area contributed by atoms with E-state index in [1.54, 1.807) is 0 Å². The summed E-state index contributed by atoms with van der Waals surface area (Å²) >= 11 is 0. The minimum atomic E-state index is 0.958. The Morgan fingerprint density at radius 3 is 1.81 bits per heavy atom. The van der Waals surface area contributed by atoms with Gasteiger partial charge in [0.05, 0.1) is 45.3 Å². The van der Waals surface area contributed by atoms with Gasteiger partial charge in [0, 0.05) is 44.4 Å². The first kappa shape index (κ1) is 22.0. The van der Waals surface area contributed by atoms with Crippen LogP contribution in [0.15, 0.2) is 134 Å². The van der Waals surface area contributed by atoms with Crippen molar-refractivity contribution in [3.8, 4) is 33.9 Å². The minimum absolute atomic E-state index is 0.958. The van der Waals surface area contributed by atoms with Gasteiger partial charge in [0.25, 0.3) is 0 Å². The van der Waals surface area contributed by atoms with Gasteiger partial charge in [-0.1, -0.05) is 72.8 Å². The van der Waals surface area contributed by atoms with Crippen molar-refractivity contribution in [3.05, 3.63) is 134 Å². The summed E-state index contributed by atoms with van der Waals surface area (Å²) in [5.41, 5.74) is 11.2. The van der Waals surface area contributed by atoms with E-state index in [0.29, 0.717) is 0 Å². The highest BCUT2D eigenvalue weighted by atomic mass is 15.0. The number of benzene rings is 5. The average Bonchev–Trinajstić information content (AvgIpc) is 3.68. The van der Waals surface area contributed by atoms with Crippen molar-refractivity contribution in [1.82, 2.24) is 19.1 Å². The lowest BCUT2D eigenvalue weighted by Crippen LogP contribution is -1.97. The Hall–Kier alpha value is -5.74. The Bertz CT molecular complexity index is 2530. The van der Waals surface area contributed by atoms with Crippen LogP contribution >= 0.6 is 0 Å². The molecule has 0 N–H and O–H groups in total. The topological polar surface area (TPSA) is 35.6 Å². The third kappa shape index (κ3) is 2.76. The third-order valence-corrected chi connectivity index (χ3v) is 8.93. The lowest BCUT2D eigenvalue weighted by molar-refractivity contribution is 1.14. The molecular weight excluding hydrogens is 512 g/mol. The summed E-state index contributed by atoms with van der Waals surface area (Å²) in [4.78, 5) is 9.72. The van der Waals surface area contributed by atoms with Gasteiger partial charge in [-0.25, -0.2) is 0 Å². The standard InChI is InChI=1S/C38H22N4/c1-4-13-32-26(9-1)27-10-2-5-14-33(27)41(32)24-16-17-35-30(20-24)28-11-3-6-15-34(28)42(35)25-21-31-29-12-7-8-23-18-19-39-38(36(23)29)37(31)40-22-25/h1-22H. The van der Waals surface area contributed by atoms with Crippen molar-refractivity contribution in [3.63, 3.8) is 0 Å². The van der Waals surface area contributed by atoms with Gasteiger partial charge in [0.2, 0.25) is 0 Å². The summed E-state index contributed by atoms with van der Waals surface area (Å²) in [5.74, 6) is 0. The quantitative estimate of drug-likeness (QED) is 0.221. The highest BCUT2D eigenvalue weighted by Gasteiger charge is 2.25. The fourth-order valence-corrected chi connectivity index (χ4v) is 7.18. The number of nitrogens with zero attached hydrogens (tertiary/aromatic N) is 4. The number of hydrogen-bond donors (Lipinski definition) is 0. The number of fused-ring (bicyclic) bond motifs is 9. The molecule has 194 valence electrons. The molecule has 42 heavy (non-hydrogen) atoms. The van der Waals surface area contributed by atoms with Crippen LogP contribution in [0.4, 0.5) is 0 Å². The summed E-state index contributed by atoms with van der Waals surface area (Å²) in [5, 5.41) is 7.38. The normalized spacial score (nSPS) is 12.3. The van der Waals surface area contributed by atoms with E-state index < -0.39 is 0 Å². The van der Waals surface area contributed by atoms with Crippen molar-refractivity contribution < 1.29 is 0 Å². The predicted octanol–water partition coefficient (Wildman–Crippen LogP) is 9.47. The molecule has 0 fully saturated rings. The minimum Gasteiger partial charge on any atom is -0.309 e. The first-order valence-corrected chi connectivity index (χ1v) is 14.3. The molecule has 1 aliphatic rings. The Balaban J connectivity index is 1.24. The molecule has 4 heteroatoms. The summed E-state index contributed by atoms with van der Waals surface area (Å²) in [7, 11) is 0. The maximum Gasteiger partial charge on any atom is 0.0977 e. The summed E-state index contributed by atoms with van der Waals surface area (Å²) in [6.45, 7) is 0. The first-order chi connectivity index (χ1) is 20.8. The molecule has 0 atom stereocenters. The molecule has 0 amide bonds. The molecule has 0 aliphatic heterocycles. The zero-order valence-corrected chi connectivity index (χ0v) is 22.5. The highest BCUT2D eigenvalue weighted by Crippen LogP contribution is 2.46. The fourth-order valence-electron chi connectivity index (χ4n) is 7.18. The SMILES string of the molecule is c1cc2c3c(nccc3c1)-c1ncc(-n3c4ccccc4c4cc(-n5c6ccccc6c6ccccc65)ccc43)cc1-2. The van der Waals surface area contributed by atoms with E-state index in [-0.39, 0.29) is 0 Å². The van der Waals surface area contributed by atoms with E-state index in [9.17, 15) is 0 Å². The third-order valence-electron chi connectivity index (χ3n) is 8.93. The number of hydrogen-bond acceptors (Lipinski definition) is 2. The van der Waals surface area contributed by atoms with E-state index in [2.05, 4.69) is 130 Å². The van der Waals surface area contributed by atoms with Gasteiger partial charge in [-0.05, 0) is 59.5 Å². The molecule has 0 saturated carbocycles. The van der Waals surface area contributed by atoms with Crippen LogP contribution < -0.4 is 0 Å². The molecule has 0 saturated heterocycles. The number of aromatic nitrogens is 4. The van der Waals surface area contributed by atoms with E-state index in [4.69, 9.17) is 9.97 Å². The molecule has 9 aromatic rings. The molecule has 5 aromatic carbocycles. The van der Waals surface area contributed by atoms with Crippen LogP contribution in [0.3, 0.4) is 0 Å². The van der Waals surface area contributed by atoms with E-state index in [1.807, 2.05) is 12.4 Å². The molecule has 0 bridgehead atoms. The van der Waals surface area contributed by atoms with Crippen molar-refractivity contribution in [2.75, 3.05) is 0 Å². The van der Waals surface area contributed by atoms with Crippen molar-refractivity contribution in [2.45, 2.75) is 0 Å². The van der Waals surface area contributed by atoms with Crippen molar-refractivity contribution >= 4 is 54.4 Å². The Morgan fingerprint density at radius 2 is 1.07 bits per heavy atom. The number of pyridine rings is 2. The second-order valence-corrected chi connectivity index (χ2v) is 11.1. The lowest BCUT2D eigenvalue weighted by Gasteiger charge is -2.11. The number of rotatable bonds is 2. The molecule has 4 nitrogen and oxygen atoms in total. The molecule has 4 heterocycles. The zero-order chi connectivity index (χ0) is 27.4. The van der Waals surface area contributed by atoms with Gasteiger partial charge in [-0.15, -0.1) is 0 Å². The molecule has 0 unspecified atom stereocenters. The Labute approximate surface area is 240 Å². The summed E-state index contributed by atoms with van der Waals surface area (Å²) < 4.78 is 4.74. The van der Waals surface area contributed by atoms with Gasteiger partial charge in [-0.2, -0.15) is 0 Å². The highest BCUT2D eigenvalue weighted by molar-refractivity contribution is 6.14. The first-order valence-electron chi connectivity index (χ1n) is 14.3. The smallest absolute Gasteiger partial charge is 0.0977 e. The van der Waals surface area contributed by atoms with Gasteiger partial charge in [-0.3, -0.25) is 9.97 Å². The zero-order valence-electron chi connectivity index (χ0n) is 22.5. The largest absolute Gasteiger partial charge is 0.309 e. The average molecular weight is 535 g/mol. The maximum absolute atomic E-state index is 5.01. The van der Waals surface area contributed by atoms with Gasteiger partial charge in [0.15, 0.2) is 0 Å². The van der Waals surface area contributed by atoms with Crippen LogP contribution in [0.2, 0.25) is 0 Å². The van der Waals surface area contributed by atoms with Gasteiger partial charge >= 0.3 is 0 Å². The van der Waals surface area contributed by atoms with Crippen LogP contribution in [-0.2, 0) is 0 Å². The van der Waals surface area contributed by atoms with Crippen LogP contribution in [-0.4, -0.2) is 19.1 Å². The molecule has 4 aromatic heterocycles.